The number of alkyl halides is 12. The van der Waals surface area contributed by atoms with Gasteiger partial charge in [-0.05, 0) is 0 Å². The van der Waals surface area contributed by atoms with Crippen LogP contribution in [0.25, 0.3) is 0 Å². The summed E-state index contributed by atoms with van der Waals surface area (Å²) >= 11 is -6.80. The van der Waals surface area contributed by atoms with E-state index >= 15 is 0 Å². The van der Waals surface area contributed by atoms with Crippen molar-refractivity contribution in [3.8, 4) is 0 Å². The summed E-state index contributed by atoms with van der Waals surface area (Å²) in [6, 6.07) is 6.64. The Kier molecular flexibility index (Phi) is 8.33. The SMILES string of the molecule is CC(C)(C)c1cc[c]([Sb]2([CH2]C(O)(C(F)(F)F)C(F)(F)F)[O]C(C(F)(F)F)(C(F)(F)F)c3cccc[c]32)cc1.O. The quantitative estimate of drug-likeness (QED) is 0.345. The molecular formula is C23H22F12O3Sb. The fourth-order valence-corrected chi connectivity index (χ4v) is 16.4. The molecule has 2 aromatic carbocycles. The van der Waals surface area contributed by atoms with Crippen molar-refractivity contribution in [2.24, 2.45) is 0 Å². The van der Waals surface area contributed by atoms with Gasteiger partial charge in [0.05, 0.1) is 0 Å². The first-order chi connectivity index (χ1) is 16.9. The summed E-state index contributed by atoms with van der Waals surface area (Å²) in [6.07, 6.45) is -25.7. The summed E-state index contributed by atoms with van der Waals surface area (Å²) in [7, 11) is 0. The van der Waals surface area contributed by atoms with Crippen LogP contribution in [0.15, 0.2) is 48.5 Å². The van der Waals surface area contributed by atoms with Gasteiger partial charge < -0.3 is 5.48 Å². The van der Waals surface area contributed by atoms with Gasteiger partial charge in [-0.2, -0.15) is 0 Å². The molecule has 1 radical (unpaired) electrons. The minimum atomic E-state index is -6.80. The summed E-state index contributed by atoms with van der Waals surface area (Å²) in [5.41, 5.74) is -12.8. The second kappa shape index (κ2) is 9.70. The van der Waals surface area contributed by atoms with Crippen molar-refractivity contribution >= 4 is 26.2 Å². The van der Waals surface area contributed by atoms with E-state index in [2.05, 4.69) is 0 Å². The standard InChI is InChI=1S/C10H13.C9H4F6O.C4H3F6O.H2O.Sb/c1-10(2,3)9-7-5-4-6-8-9;10-8(11,12)7(16,9(13,14)15)6-4-2-1-3-5-6;1-2(11,3(5,6)7)4(8,9)10;;/h5-8H,1-3H3;1-4H;11H,1H2;1H2;/q;-1;;;+1. The number of hydrogen-bond acceptors (Lipinski definition) is 2. The molecule has 0 saturated carbocycles. The normalized spacial score (nSPS) is 20.4. The van der Waals surface area contributed by atoms with Crippen LogP contribution in [-0.2, 0) is 14.0 Å². The molecule has 0 aromatic heterocycles. The molecule has 221 valence electrons. The van der Waals surface area contributed by atoms with E-state index in [0.29, 0.717) is 17.7 Å². The maximum Gasteiger partial charge on any atom is -0.412 e. The first-order valence-corrected chi connectivity index (χ1v) is 16.0. The third-order valence-corrected chi connectivity index (χ3v) is 17.1. The molecule has 3 rings (SSSR count). The molecule has 16 heteroatoms. The van der Waals surface area contributed by atoms with Gasteiger partial charge in [-0.15, -0.1) is 0 Å². The van der Waals surface area contributed by atoms with Crippen molar-refractivity contribution in [2.45, 2.75) is 66.5 Å². The molecule has 3 nitrogen and oxygen atoms in total. The van der Waals surface area contributed by atoms with E-state index in [4.69, 9.17) is 3.02 Å². The topological polar surface area (TPSA) is 61.0 Å². The van der Waals surface area contributed by atoms with E-state index in [1.54, 1.807) is 20.8 Å². The first kappa shape index (κ1) is 33.5. The molecule has 0 bridgehead atoms. The number of rotatable bonds is 3. The summed E-state index contributed by atoms with van der Waals surface area (Å²) in [5, 5.41) is 10.0. The number of benzene rings is 2. The summed E-state index contributed by atoms with van der Waals surface area (Å²) in [4.78, 5) is 0. The van der Waals surface area contributed by atoms with Crippen LogP contribution >= 0.6 is 0 Å². The molecular weight excluding hydrogens is 674 g/mol. The van der Waals surface area contributed by atoms with Crippen molar-refractivity contribution in [1.29, 1.82) is 0 Å². The third-order valence-electron chi connectivity index (χ3n) is 6.30. The molecule has 0 amide bonds. The van der Waals surface area contributed by atoms with Crippen LogP contribution in [0.2, 0.25) is 4.37 Å². The molecule has 0 aliphatic carbocycles. The van der Waals surface area contributed by atoms with Gasteiger partial charge >= 0.3 is 213 Å². The molecule has 0 saturated heterocycles. The minimum absolute atomic E-state index is 0. The van der Waals surface area contributed by atoms with E-state index in [0.717, 1.165) is 24.3 Å². The van der Waals surface area contributed by atoms with E-state index in [9.17, 15) is 57.8 Å². The van der Waals surface area contributed by atoms with E-state index < -0.39 is 77.5 Å². The van der Waals surface area contributed by atoms with E-state index in [-0.39, 0.29) is 5.48 Å². The number of hydrogen-bond donors (Lipinski definition) is 1. The molecule has 2 aromatic rings. The maximum atomic E-state index is 14.3. The van der Waals surface area contributed by atoms with Gasteiger partial charge in [0.15, 0.2) is 0 Å². The van der Waals surface area contributed by atoms with Crippen molar-refractivity contribution in [3.63, 3.8) is 0 Å². The zero-order valence-corrected chi connectivity index (χ0v) is 22.7. The Morgan fingerprint density at radius 2 is 1.15 bits per heavy atom. The average molecular weight is 696 g/mol. The second-order valence-corrected chi connectivity index (χ2v) is 18.3. The molecule has 39 heavy (non-hydrogen) atoms. The van der Waals surface area contributed by atoms with Gasteiger partial charge in [-0.25, -0.2) is 0 Å². The van der Waals surface area contributed by atoms with Gasteiger partial charge in [-0.3, -0.25) is 0 Å². The molecule has 1 unspecified atom stereocenters. The predicted octanol–water partition coefficient (Wildman–Crippen LogP) is 5.42. The molecule has 3 N–H and O–H groups in total. The Hall–Kier alpha value is -1.70. The number of fused-ring (bicyclic) bond motifs is 1. The summed E-state index contributed by atoms with van der Waals surface area (Å²) in [6.45, 7) is 5.02. The van der Waals surface area contributed by atoms with Crippen LogP contribution in [0.5, 0.6) is 0 Å². The van der Waals surface area contributed by atoms with Crippen LogP contribution in [0.3, 0.4) is 0 Å². The van der Waals surface area contributed by atoms with Crippen molar-refractivity contribution in [1.82, 2.24) is 0 Å². The summed E-state index contributed by atoms with van der Waals surface area (Å²) < 4.78 is 168. The Morgan fingerprint density at radius 1 is 0.718 bits per heavy atom. The van der Waals surface area contributed by atoms with Crippen molar-refractivity contribution in [2.75, 3.05) is 0 Å². The molecule has 0 spiro atoms. The fraction of sp³-hybridized carbons (Fsp3) is 0.478. The fourth-order valence-electron chi connectivity index (χ4n) is 4.25. The first-order valence-electron chi connectivity index (χ1n) is 10.6. The Labute approximate surface area is 218 Å². The van der Waals surface area contributed by atoms with Gasteiger partial charge in [0.2, 0.25) is 0 Å². The van der Waals surface area contributed by atoms with E-state index in [1.165, 1.54) is 12.1 Å². The molecule has 1 aliphatic rings. The van der Waals surface area contributed by atoms with Crippen LogP contribution < -0.4 is 7.02 Å². The third kappa shape index (κ3) is 5.12. The smallest absolute Gasteiger partial charge is 0.412 e. The average Bonchev–Trinajstić information content (AvgIpc) is 3.04. The molecule has 1 aliphatic heterocycles. The van der Waals surface area contributed by atoms with Gasteiger partial charge in [0, 0.05) is 0 Å². The molecule has 1 heterocycles. The Balaban J connectivity index is 0.00000533. The van der Waals surface area contributed by atoms with E-state index in [1.807, 2.05) is 0 Å². The molecule has 0 fully saturated rings. The number of aliphatic hydroxyl groups is 1. The van der Waals surface area contributed by atoms with Crippen molar-refractivity contribution < 1.29 is 66.3 Å². The summed E-state index contributed by atoms with van der Waals surface area (Å²) in [5.74, 6) is 0. The minimum Gasteiger partial charge on any atom is -0.412 e. The maximum absolute atomic E-state index is 14.3. The van der Waals surface area contributed by atoms with Crippen LogP contribution in [0, 0.1) is 0 Å². The van der Waals surface area contributed by atoms with Crippen LogP contribution in [-0.4, -0.2) is 60.1 Å². The largest absolute Gasteiger partial charge is 0.412 e. The van der Waals surface area contributed by atoms with Crippen LogP contribution in [0.1, 0.15) is 31.9 Å². The second-order valence-electron chi connectivity index (χ2n) is 9.84. The number of halogens is 12. The zero-order valence-electron chi connectivity index (χ0n) is 20.2. The van der Waals surface area contributed by atoms with Crippen LogP contribution in [0.4, 0.5) is 52.7 Å². The predicted molar refractivity (Wildman–Crippen MR) is 117 cm³/mol. The molecule has 1 atom stereocenters. The van der Waals surface area contributed by atoms with Crippen molar-refractivity contribution in [3.05, 3.63) is 59.7 Å². The van der Waals surface area contributed by atoms with Gasteiger partial charge in [0.1, 0.15) is 0 Å². The Morgan fingerprint density at radius 3 is 1.54 bits per heavy atom. The monoisotopic (exact) mass is 695 g/mol. The van der Waals surface area contributed by atoms with Gasteiger partial charge in [0.25, 0.3) is 0 Å². The Bertz CT molecular complexity index is 1150. The zero-order chi connectivity index (χ0) is 29.4. The van der Waals surface area contributed by atoms with Gasteiger partial charge in [-0.1, -0.05) is 0 Å².